The Balaban J connectivity index is 3.70. The van der Waals surface area contributed by atoms with Crippen LogP contribution in [0.5, 0.6) is 0 Å². The normalized spacial score (nSPS) is 9.88. The minimum Gasteiger partial charge on any atom is -0.460 e. The molecule has 92 valence electrons. The van der Waals surface area contributed by atoms with Crippen LogP contribution in [-0.2, 0) is 19.1 Å². The summed E-state index contributed by atoms with van der Waals surface area (Å²) in [5.41, 5.74) is 0. The Bertz CT molecular complexity index is 245. The van der Waals surface area contributed by atoms with Crippen LogP contribution in [0.2, 0.25) is 0 Å². The Hall–Kier alpha value is -1.19. The van der Waals surface area contributed by atoms with Gasteiger partial charge in [0.2, 0.25) is 5.78 Å². The van der Waals surface area contributed by atoms with E-state index < -0.39 is 11.8 Å². The van der Waals surface area contributed by atoms with Crippen molar-refractivity contribution in [3.8, 4) is 0 Å². The first-order valence-electron chi connectivity index (χ1n) is 5.83. The molecule has 0 bridgehead atoms. The largest absolute Gasteiger partial charge is 0.460 e. The molecule has 0 N–H and O–H groups in total. The number of hydrogen-bond acceptors (Lipinski definition) is 4. The maximum absolute atomic E-state index is 11.3. The van der Waals surface area contributed by atoms with Crippen molar-refractivity contribution >= 4 is 17.5 Å². The number of esters is 1. The summed E-state index contributed by atoms with van der Waals surface area (Å²) in [5, 5.41) is 0. The molecule has 0 saturated carbocycles. The van der Waals surface area contributed by atoms with Crippen LogP contribution in [0.3, 0.4) is 0 Å². The van der Waals surface area contributed by atoms with Crippen LogP contribution in [0, 0.1) is 0 Å². The summed E-state index contributed by atoms with van der Waals surface area (Å²) in [6.45, 7) is 3.87. The van der Waals surface area contributed by atoms with Gasteiger partial charge in [-0.3, -0.25) is 9.59 Å². The fourth-order valence-corrected chi connectivity index (χ4v) is 1.30. The van der Waals surface area contributed by atoms with Crippen molar-refractivity contribution in [2.24, 2.45) is 0 Å². The van der Waals surface area contributed by atoms with Crippen molar-refractivity contribution in [3.63, 3.8) is 0 Å². The van der Waals surface area contributed by atoms with E-state index in [4.69, 9.17) is 0 Å². The average Bonchev–Trinajstić information content (AvgIpc) is 2.24. The lowest BCUT2D eigenvalue weighted by atomic mass is 10.1. The predicted molar refractivity (Wildman–Crippen MR) is 60.0 cm³/mol. The van der Waals surface area contributed by atoms with Gasteiger partial charge in [-0.05, 0) is 13.3 Å². The summed E-state index contributed by atoms with van der Waals surface area (Å²) in [4.78, 5) is 33.4. The summed E-state index contributed by atoms with van der Waals surface area (Å²) in [6.07, 6.45) is 4.06. The van der Waals surface area contributed by atoms with Gasteiger partial charge in [0.1, 0.15) is 5.78 Å². The zero-order valence-corrected chi connectivity index (χ0v) is 10.1. The fourth-order valence-electron chi connectivity index (χ4n) is 1.30. The molecule has 0 aromatic heterocycles. The second-order valence-electron chi connectivity index (χ2n) is 3.67. The van der Waals surface area contributed by atoms with Crippen LogP contribution in [0.15, 0.2) is 0 Å². The van der Waals surface area contributed by atoms with E-state index in [1.165, 1.54) is 0 Å². The van der Waals surface area contributed by atoms with Gasteiger partial charge in [-0.2, -0.15) is 0 Å². The van der Waals surface area contributed by atoms with Gasteiger partial charge in [0, 0.05) is 6.42 Å². The first-order valence-corrected chi connectivity index (χ1v) is 5.83. The molecule has 16 heavy (non-hydrogen) atoms. The van der Waals surface area contributed by atoms with Crippen molar-refractivity contribution < 1.29 is 19.1 Å². The van der Waals surface area contributed by atoms with Crippen LogP contribution < -0.4 is 0 Å². The summed E-state index contributed by atoms with van der Waals surface area (Å²) in [7, 11) is 0. The molecule has 0 fully saturated rings. The van der Waals surface area contributed by atoms with Crippen LogP contribution in [0.1, 0.15) is 52.4 Å². The molecule has 0 heterocycles. The third-order valence-corrected chi connectivity index (χ3v) is 2.17. The fraction of sp³-hybridized carbons (Fsp3) is 0.750. The zero-order valence-electron chi connectivity index (χ0n) is 10.1. The van der Waals surface area contributed by atoms with Gasteiger partial charge in [-0.1, -0.05) is 26.2 Å². The highest BCUT2D eigenvalue weighted by atomic mass is 16.5. The molecule has 0 aliphatic heterocycles. The maximum Gasteiger partial charge on any atom is 0.375 e. The van der Waals surface area contributed by atoms with Crippen molar-refractivity contribution in [2.75, 3.05) is 6.61 Å². The molecule has 4 heteroatoms. The van der Waals surface area contributed by atoms with Gasteiger partial charge in [-0.15, -0.1) is 0 Å². The topological polar surface area (TPSA) is 60.4 Å². The van der Waals surface area contributed by atoms with E-state index in [2.05, 4.69) is 11.7 Å². The molecule has 0 rings (SSSR count). The second kappa shape index (κ2) is 9.07. The minimum absolute atomic E-state index is 0.162. The molecule has 0 spiro atoms. The molecular formula is C12H20O4. The first kappa shape index (κ1) is 14.8. The van der Waals surface area contributed by atoms with Gasteiger partial charge >= 0.3 is 5.97 Å². The maximum atomic E-state index is 11.3. The number of carbonyl (C=O) groups excluding carboxylic acids is 3. The number of rotatable bonds is 9. The van der Waals surface area contributed by atoms with E-state index in [1.54, 1.807) is 6.92 Å². The number of Topliss-reactive ketones (excluding diaryl/α,β-unsaturated/α-hetero) is 2. The Morgan fingerprint density at radius 3 is 2.25 bits per heavy atom. The van der Waals surface area contributed by atoms with Crippen molar-refractivity contribution in [3.05, 3.63) is 0 Å². The standard InChI is InChI=1S/C12H20O4/c1-3-5-6-7-8-10(13)9-11(14)12(15)16-4-2/h3-9H2,1-2H3. The molecule has 0 aromatic rings. The molecule has 0 aromatic carbocycles. The number of ether oxygens (including phenoxy) is 1. The molecule has 0 saturated heterocycles. The lowest BCUT2D eigenvalue weighted by Crippen LogP contribution is -2.20. The lowest BCUT2D eigenvalue weighted by molar-refractivity contribution is -0.154. The summed E-state index contributed by atoms with van der Waals surface area (Å²) >= 11 is 0. The van der Waals surface area contributed by atoms with Crippen LogP contribution >= 0.6 is 0 Å². The molecule has 0 unspecified atom stereocenters. The third-order valence-electron chi connectivity index (χ3n) is 2.17. The van der Waals surface area contributed by atoms with Gasteiger partial charge < -0.3 is 4.74 Å². The highest BCUT2D eigenvalue weighted by Gasteiger charge is 2.18. The quantitative estimate of drug-likeness (QED) is 0.262. The first-order chi connectivity index (χ1) is 7.61. The van der Waals surface area contributed by atoms with E-state index in [0.29, 0.717) is 6.42 Å². The van der Waals surface area contributed by atoms with Gasteiger partial charge in [0.05, 0.1) is 13.0 Å². The SMILES string of the molecule is CCCCCCC(=O)CC(=O)C(=O)OCC. The number of hydrogen-bond donors (Lipinski definition) is 0. The summed E-state index contributed by atoms with van der Waals surface area (Å²) in [5.74, 6) is -1.80. The Morgan fingerprint density at radius 2 is 1.69 bits per heavy atom. The minimum atomic E-state index is -0.899. The molecule has 0 aliphatic carbocycles. The smallest absolute Gasteiger partial charge is 0.375 e. The van der Waals surface area contributed by atoms with E-state index >= 15 is 0 Å². The third kappa shape index (κ3) is 7.15. The number of unbranched alkanes of at least 4 members (excludes halogenated alkanes) is 3. The van der Waals surface area contributed by atoms with Gasteiger partial charge in [0.25, 0.3) is 0 Å². The Morgan fingerprint density at radius 1 is 1.00 bits per heavy atom. The summed E-state index contributed by atoms with van der Waals surface area (Å²) < 4.78 is 4.51. The summed E-state index contributed by atoms with van der Waals surface area (Å²) in [6, 6.07) is 0. The Labute approximate surface area is 96.4 Å². The zero-order chi connectivity index (χ0) is 12.4. The second-order valence-corrected chi connectivity index (χ2v) is 3.67. The van der Waals surface area contributed by atoms with Crippen molar-refractivity contribution in [1.82, 2.24) is 0 Å². The lowest BCUT2D eigenvalue weighted by Gasteiger charge is -2.01. The van der Waals surface area contributed by atoms with Gasteiger partial charge in [-0.25, -0.2) is 4.79 Å². The average molecular weight is 228 g/mol. The predicted octanol–water partition coefficient (Wildman–Crippen LogP) is 2.05. The van der Waals surface area contributed by atoms with Gasteiger partial charge in [0.15, 0.2) is 0 Å². The Kier molecular flexibility index (Phi) is 8.39. The van der Waals surface area contributed by atoms with E-state index in [9.17, 15) is 14.4 Å². The highest BCUT2D eigenvalue weighted by molar-refractivity contribution is 6.37. The number of ketones is 2. The molecular weight excluding hydrogens is 208 g/mol. The van der Waals surface area contributed by atoms with Crippen LogP contribution in [-0.4, -0.2) is 24.1 Å². The molecule has 4 nitrogen and oxygen atoms in total. The van der Waals surface area contributed by atoms with E-state index in [1.807, 2.05) is 0 Å². The van der Waals surface area contributed by atoms with E-state index in [0.717, 1.165) is 25.7 Å². The molecule has 0 amide bonds. The molecule has 0 radical (unpaired) electrons. The van der Waals surface area contributed by atoms with Crippen molar-refractivity contribution in [1.29, 1.82) is 0 Å². The highest BCUT2D eigenvalue weighted by Crippen LogP contribution is 2.05. The van der Waals surface area contributed by atoms with Crippen LogP contribution in [0.4, 0.5) is 0 Å². The van der Waals surface area contributed by atoms with Crippen LogP contribution in [0.25, 0.3) is 0 Å². The van der Waals surface area contributed by atoms with Crippen molar-refractivity contribution in [2.45, 2.75) is 52.4 Å². The van der Waals surface area contributed by atoms with E-state index in [-0.39, 0.29) is 18.8 Å². The molecule has 0 aliphatic rings. The monoisotopic (exact) mass is 228 g/mol. The number of carbonyl (C=O) groups is 3. The molecule has 0 atom stereocenters.